The highest BCUT2D eigenvalue weighted by Crippen LogP contribution is 2.45. The summed E-state index contributed by atoms with van der Waals surface area (Å²) in [5.74, 6) is -2.31. The number of phosphoric acid groups is 2. The van der Waals surface area contributed by atoms with Crippen molar-refractivity contribution in [2.24, 2.45) is 0 Å². The van der Waals surface area contributed by atoms with Gasteiger partial charge in [0.15, 0.2) is 12.2 Å². The lowest BCUT2D eigenvalue weighted by Gasteiger charge is -2.21. The van der Waals surface area contributed by atoms with Crippen molar-refractivity contribution in [1.29, 1.82) is 0 Å². The number of ether oxygens (including phenoxy) is 4. The first-order valence-electron chi connectivity index (χ1n) is 37.8. The summed E-state index contributed by atoms with van der Waals surface area (Å²) >= 11 is 0. The van der Waals surface area contributed by atoms with Gasteiger partial charge in [-0.1, -0.05) is 290 Å². The first-order chi connectivity index (χ1) is 47.7. The third kappa shape index (κ3) is 69.9. The van der Waals surface area contributed by atoms with E-state index >= 15 is 0 Å². The Hall–Kier alpha value is -4.54. The van der Waals surface area contributed by atoms with Crippen molar-refractivity contribution in [3.05, 3.63) is 122 Å². The van der Waals surface area contributed by atoms with Crippen molar-refractivity contribution in [1.82, 2.24) is 0 Å². The van der Waals surface area contributed by atoms with E-state index in [0.29, 0.717) is 32.1 Å². The van der Waals surface area contributed by atoms with Crippen molar-refractivity contribution >= 4 is 39.5 Å². The first kappa shape index (κ1) is 93.5. The Kier molecular flexibility index (Phi) is 67.6. The molecule has 17 nitrogen and oxygen atoms in total. The Bertz CT molecular complexity index is 2340. The van der Waals surface area contributed by atoms with Crippen LogP contribution in [0.5, 0.6) is 0 Å². The van der Waals surface area contributed by atoms with Crippen molar-refractivity contribution in [2.75, 3.05) is 39.6 Å². The van der Waals surface area contributed by atoms with E-state index in [2.05, 4.69) is 131 Å². The standard InChI is InChI=1S/C79H134O17P2/c1-5-9-13-17-21-25-29-32-34-35-36-37-39-42-45-48-52-56-60-64-77(82)90-70-75(96-79(84)66-62-58-54-50-46-40-31-27-23-19-15-11-7-3)72-94-98(87,88)92-68-73(80)67-91-97(85,86)93-71-74(95-78(83)65-61-57-53-49-43-28-24-20-16-12-8-4)69-89-76(81)63-59-55-51-47-44-41-38-33-30-26-22-18-14-10-6-2/h9-10,13-14,21-22,25-26,32-34,36-38,42,44-45,47,52,56,73-75,80H,5-8,11-12,15-20,23-24,27-31,35,39-41,43,46,48-51,53-55,57-72H2,1-4H3,(H,85,86)(H,87,88)/b13-9-,14-10-,25-21-,26-22-,34-32-,37-36-,38-33-,45-42-,47-44-,56-52-. The molecule has 0 amide bonds. The number of allylic oxidation sites excluding steroid dienone is 20. The van der Waals surface area contributed by atoms with E-state index in [1.54, 1.807) is 0 Å². The number of carbonyl (C=O) groups excluding carboxylic acids is 4. The van der Waals surface area contributed by atoms with Crippen molar-refractivity contribution < 1.29 is 80.2 Å². The highest BCUT2D eigenvalue weighted by Gasteiger charge is 2.30. The van der Waals surface area contributed by atoms with Crippen LogP contribution in [0.25, 0.3) is 0 Å². The highest BCUT2D eigenvalue weighted by atomic mass is 31.2. The average molecular weight is 1420 g/mol. The fraction of sp³-hybridized carbons (Fsp3) is 0.696. The summed E-state index contributed by atoms with van der Waals surface area (Å²) in [6.45, 7) is 4.51. The smallest absolute Gasteiger partial charge is 0.462 e. The van der Waals surface area contributed by atoms with E-state index in [-0.39, 0.29) is 25.7 Å². The molecule has 19 heteroatoms. The maximum Gasteiger partial charge on any atom is 0.472 e. The van der Waals surface area contributed by atoms with Crippen molar-refractivity contribution in [2.45, 2.75) is 316 Å². The van der Waals surface area contributed by atoms with Crippen LogP contribution in [0.15, 0.2) is 122 Å². The Labute approximate surface area is 593 Å². The van der Waals surface area contributed by atoms with E-state index in [0.717, 1.165) is 122 Å². The maximum absolute atomic E-state index is 13.1. The number of unbranched alkanes of at least 4 members (excludes halogenated alkanes) is 24. The summed E-state index contributed by atoms with van der Waals surface area (Å²) in [6, 6.07) is 0. The van der Waals surface area contributed by atoms with Gasteiger partial charge >= 0.3 is 39.5 Å². The molecule has 562 valence electrons. The van der Waals surface area contributed by atoms with Crippen LogP contribution in [-0.2, 0) is 65.4 Å². The molecule has 5 atom stereocenters. The minimum absolute atomic E-state index is 0.0357. The number of carbonyl (C=O) groups is 4. The Morgan fingerprint density at radius 2 is 0.551 bits per heavy atom. The molecule has 0 radical (unpaired) electrons. The number of hydrogen-bond donors (Lipinski definition) is 3. The fourth-order valence-electron chi connectivity index (χ4n) is 9.77. The molecule has 0 heterocycles. The van der Waals surface area contributed by atoms with Crippen LogP contribution >= 0.6 is 15.6 Å². The average Bonchev–Trinajstić information content (AvgIpc) is 0.972. The van der Waals surface area contributed by atoms with Crippen molar-refractivity contribution in [3.8, 4) is 0 Å². The van der Waals surface area contributed by atoms with Gasteiger partial charge < -0.3 is 33.8 Å². The molecule has 0 aliphatic carbocycles. The second-order valence-corrected chi connectivity index (χ2v) is 27.7. The second kappa shape index (κ2) is 70.9. The predicted octanol–water partition coefficient (Wildman–Crippen LogP) is 21.6. The first-order valence-corrected chi connectivity index (χ1v) is 40.8. The van der Waals surface area contributed by atoms with E-state index in [1.165, 1.54) is 89.9 Å². The molecule has 0 aromatic heterocycles. The maximum atomic E-state index is 13.1. The summed E-state index contributed by atoms with van der Waals surface area (Å²) in [6.07, 6.45) is 76.5. The van der Waals surface area contributed by atoms with Gasteiger partial charge in [-0.2, -0.15) is 0 Å². The number of esters is 4. The van der Waals surface area contributed by atoms with Gasteiger partial charge in [0.2, 0.25) is 0 Å². The lowest BCUT2D eigenvalue weighted by molar-refractivity contribution is -0.161. The van der Waals surface area contributed by atoms with E-state index in [1.807, 2.05) is 18.2 Å². The van der Waals surface area contributed by atoms with Crippen LogP contribution in [0.2, 0.25) is 0 Å². The molecule has 98 heavy (non-hydrogen) atoms. The van der Waals surface area contributed by atoms with Crippen LogP contribution in [0.4, 0.5) is 0 Å². The largest absolute Gasteiger partial charge is 0.472 e. The van der Waals surface area contributed by atoms with Gasteiger partial charge in [0.25, 0.3) is 0 Å². The molecule has 0 saturated carbocycles. The van der Waals surface area contributed by atoms with E-state index < -0.39 is 97.5 Å². The summed E-state index contributed by atoms with van der Waals surface area (Å²) in [7, 11) is -9.97. The third-order valence-corrected chi connectivity index (χ3v) is 17.4. The molecule has 0 aliphatic heterocycles. The molecule has 0 bridgehead atoms. The van der Waals surface area contributed by atoms with Gasteiger partial charge in [0.05, 0.1) is 26.4 Å². The minimum atomic E-state index is -4.99. The molecule has 0 aliphatic rings. The van der Waals surface area contributed by atoms with Crippen LogP contribution in [0.3, 0.4) is 0 Å². The topological polar surface area (TPSA) is 237 Å². The molecule has 0 aromatic rings. The SMILES string of the molecule is CC/C=C\C/C=C\C/C=C\C/C=C\C/C=C\C/C=C\CCC(=O)OCC(COP(=O)(O)OCC(O)COP(=O)(O)OCC(COC(=O)CCCC/C=C\C/C=C\C/C=C\C/C=C\CC)OC(=O)CCCCCCCCCCCCC)OC(=O)CCCCCCCCCCCCCCC. The monoisotopic (exact) mass is 1420 g/mol. The number of aliphatic hydroxyl groups excluding tert-OH is 1. The third-order valence-electron chi connectivity index (χ3n) is 15.5. The lowest BCUT2D eigenvalue weighted by Crippen LogP contribution is -2.30. The molecule has 3 N–H and O–H groups in total. The summed E-state index contributed by atoms with van der Waals surface area (Å²) < 4.78 is 68.3. The van der Waals surface area contributed by atoms with Crippen LogP contribution in [0, 0.1) is 0 Å². The van der Waals surface area contributed by atoms with Gasteiger partial charge in [0.1, 0.15) is 19.3 Å². The molecular formula is C79H134O17P2. The number of hydrogen-bond acceptors (Lipinski definition) is 15. The zero-order valence-electron chi connectivity index (χ0n) is 61.2. The van der Waals surface area contributed by atoms with Gasteiger partial charge in [-0.15, -0.1) is 0 Å². The van der Waals surface area contributed by atoms with E-state index in [4.69, 9.17) is 37.0 Å². The van der Waals surface area contributed by atoms with Crippen molar-refractivity contribution in [3.63, 3.8) is 0 Å². The van der Waals surface area contributed by atoms with Gasteiger partial charge in [-0.05, 0) is 103 Å². The molecule has 0 aromatic carbocycles. The molecule has 5 unspecified atom stereocenters. The second-order valence-electron chi connectivity index (χ2n) is 24.8. The Morgan fingerprint density at radius 1 is 0.296 bits per heavy atom. The molecule has 0 spiro atoms. The van der Waals surface area contributed by atoms with Crippen LogP contribution in [0.1, 0.15) is 297 Å². The molecular weight excluding hydrogens is 1280 g/mol. The number of aliphatic hydroxyl groups is 1. The molecule has 0 saturated heterocycles. The van der Waals surface area contributed by atoms with E-state index in [9.17, 15) is 43.2 Å². The fourth-order valence-corrected chi connectivity index (χ4v) is 11.3. The Balaban J connectivity index is 5.40. The highest BCUT2D eigenvalue weighted by molar-refractivity contribution is 7.47. The zero-order chi connectivity index (χ0) is 71.8. The normalized spacial score (nSPS) is 14.6. The predicted molar refractivity (Wildman–Crippen MR) is 399 cm³/mol. The van der Waals surface area contributed by atoms with Gasteiger partial charge in [-0.3, -0.25) is 37.3 Å². The summed E-state index contributed by atoms with van der Waals surface area (Å²) in [4.78, 5) is 72.7. The van der Waals surface area contributed by atoms with Gasteiger partial charge in [0, 0.05) is 25.7 Å². The summed E-state index contributed by atoms with van der Waals surface area (Å²) in [5, 5.41) is 10.6. The lowest BCUT2D eigenvalue weighted by atomic mass is 10.0. The zero-order valence-corrected chi connectivity index (χ0v) is 63.0. The number of rotatable bonds is 70. The molecule has 0 fully saturated rings. The van der Waals surface area contributed by atoms with Crippen LogP contribution in [-0.4, -0.2) is 96.7 Å². The van der Waals surface area contributed by atoms with Gasteiger partial charge in [-0.25, -0.2) is 9.13 Å². The quantitative estimate of drug-likeness (QED) is 0.0169. The van der Waals surface area contributed by atoms with Crippen LogP contribution < -0.4 is 0 Å². The number of phosphoric ester groups is 2. The summed E-state index contributed by atoms with van der Waals surface area (Å²) in [5.41, 5.74) is 0. The minimum Gasteiger partial charge on any atom is -0.462 e. The Morgan fingerprint density at radius 3 is 0.878 bits per heavy atom. The molecule has 0 rings (SSSR count).